The van der Waals surface area contributed by atoms with E-state index < -0.39 is 11.9 Å². The third-order valence-electron chi connectivity index (χ3n) is 7.89. The summed E-state index contributed by atoms with van der Waals surface area (Å²) in [4.78, 5) is 46.2. The molecule has 19 heteroatoms. The van der Waals surface area contributed by atoms with Crippen LogP contribution in [-0.2, 0) is 17.5 Å². The van der Waals surface area contributed by atoms with Gasteiger partial charge in [-0.3, -0.25) is 18.7 Å². The Balaban J connectivity index is 0.00000151. The van der Waals surface area contributed by atoms with Crippen LogP contribution in [0.4, 0.5) is 29.5 Å². The number of rotatable bonds is 7. The van der Waals surface area contributed by atoms with Gasteiger partial charge in [-0.25, -0.2) is 14.8 Å². The largest absolute Gasteiger partial charge is 0.483 e. The van der Waals surface area contributed by atoms with Crippen LogP contribution in [0.15, 0.2) is 43.0 Å². The van der Waals surface area contributed by atoms with E-state index in [2.05, 4.69) is 31.0 Å². The van der Waals surface area contributed by atoms with Crippen LogP contribution in [0.2, 0.25) is 5.02 Å². The highest BCUT2D eigenvalue weighted by Gasteiger charge is 2.38. The Bertz CT molecular complexity index is 1860. The molecule has 6 rings (SSSR count). The number of fused-ring (bicyclic) bond motifs is 1. The van der Waals surface area contributed by atoms with Crippen molar-refractivity contribution in [2.75, 3.05) is 44.6 Å². The molecule has 15 nitrogen and oxygen atoms in total. The normalized spacial score (nSPS) is 16.1. The molecule has 0 aliphatic carbocycles. The zero-order valence-corrected chi connectivity index (χ0v) is 26.6. The Kier molecular flexibility index (Phi) is 10.8. The van der Waals surface area contributed by atoms with Gasteiger partial charge >= 0.3 is 12.2 Å². The van der Waals surface area contributed by atoms with E-state index in [1.807, 2.05) is 6.07 Å². The number of urea groups is 1. The van der Waals surface area contributed by atoms with Gasteiger partial charge in [-0.1, -0.05) is 11.6 Å². The van der Waals surface area contributed by atoms with Gasteiger partial charge in [0, 0.05) is 63.0 Å². The number of anilines is 2. The average molecular weight is 702 g/mol. The molecule has 1 aromatic carbocycles. The van der Waals surface area contributed by atoms with Gasteiger partial charge in [-0.15, -0.1) is 0 Å². The molecule has 0 spiro atoms. The average Bonchev–Trinajstić information content (AvgIpc) is 3.84. The molecule has 1 atom stereocenters. The number of hydrogen-bond acceptors (Lipinski definition) is 9. The first-order valence-corrected chi connectivity index (χ1v) is 15.5. The zero-order chi connectivity index (χ0) is 35.1. The van der Waals surface area contributed by atoms with Crippen molar-refractivity contribution in [1.82, 2.24) is 44.6 Å². The van der Waals surface area contributed by atoms with Gasteiger partial charge in [0.15, 0.2) is 17.2 Å². The van der Waals surface area contributed by atoms with E-state index in [-0.39, 0.29) is 65.2 Å². The molecule has 2 aliphatic rings. The Morgan fingerprint density at radius 2 is 1.92 bits per heavy atom. The van der Waals surface area contributed by atoms with Crippen molar-refractivity contribution in [1.29, 1.82) is 5.26 Å². The standard InChI is InChI=1S/C29H29ClF3N11O2.CH2O2/c30-22-14-18(2-3-20(22)27(45)41-10-12-42(13-11-41)28(46)39-19-4-6-35-15-19)38-25-26-37-16-23(44(26)9-7-36-25)21-17-43(8-1-5-34)40-24(21)29(31,32)33;2-1-3/h2-3,7,9,14,16-17,19,35H,1,4,6,8,10-13,15H2,(H,36,38)(H,39,46);1H,(H,2,3)/t19-;/m0./s1. The Hall–Kier alpha value is -5.41. The lowest BCUT2D eigenvalue weighted by Gasteiger charge is -2.35. The number of amides is 3. The van der Waals surface area contributed by atoms with E-state index in [0.29, 0.717) is 37.4 Å². The van der Waals surface area contributed by atoms with E-state index in [0.717, 1.165) is 24.2 Å². The molecule has 3 amide bonds. The van der Waals surface area contributed by atoms with Crippen molar-refractivity contribution in [3.05, 3.63) is 59.3 Å². The maximum atomic E-state index is 13.9. The number of carboxylic acid groups (broad SMARTS) is 1. The molecule has 4 aromatic rings. The van der Waals surface area contributed by atoms with Crippen LogP contribution in [0.25, 0.3) is 16.9 Å². The summed E-state index contributed by atoms with van der Waals surface area (Å²) >= 11 is 6.54. The number of piperazine rings is 1. The highest BCUT2D eigenvalue weighted by atomic mass is 35.5. The highest BCUT2D eigenvalue weighted by Crippen LogP contribution is 2.37. The molecule has 2 fully saturated rings. The Labute approximate surface area is 282 Å². The number of hydrogen-bond donors (Lipinski definition) is 4. The Morgan fingerprint density at radius 3 is 2.57 bits per heavy atom. The SMILES string of the molecule is N#CCCn1cc(-c2cnc3c(Nc4ccc(C(=O)N5CCN(C(=O)N[C@H]6CCNC6)CC5)c(Cl)c4)nccn23)c(C(F)(F)F)n1.O=CO. The minimum atomic E-state index is -4.73. The minimum absolute atomic E-state index is 0.00442. The summed E-state index contributed by atoms with van der Waals surface area (Å²) < 4.78 is 44.1. The smallest absolute Gasteiger partial charge is 0.435 e. The summed E-state index contributed by atoms with van der Waals surface area (Å²) in [6.45, 7) is 2.94. The van der Waals surface area contributed by atoms with Gasteiger partial charge in [-0.05, 0) is 31.2 Å². The van der Waals surface area contributed by atoms with Crippen LogP contribution in [0.1, 0.15) is 28.9 Å². The highest BCUT2D eigenvalue weighted by molar-refractivity contribution is 6.34. The maximum Gasteiger partial charge on any atom is 0.435 e. The number of nitrogens with one attached hydrogen (secondary N) is 3. The molecule has 0 bridgehead atoms. The Morgan fingerprint density at radius 1 is 1.18 bits per heavy atom. The van der Waals surface area contributed by atoms with Gasteiger partial charge in [0.1, 0.15) is 0 Å². The first-order chi connectivity index (χ1) is 23.5. The van der Waals surface area contributed by atoms with Crippen LogP contribution in [0, 0.1) is 11.3 Å². The van der Waals surface area contributed by atoms with Crippen LogP contribution >= 0.6 is 11.6 Å². The third kappa shape index (κ3) is 8.01. The molecule has 2 saturated heterocycles. The zero-order valence-electron chi connectivity index (χ0n) is 25.8. The lowest BCUT2D eigenvalue weighted by atomic mass is 10.1. The molecule has 258 valence electrons. The van der Waals surface area contributed by atoms with Crippen molar-refractivity contribution in [3.8, 4) is 17.3 Å². The van der Waals surface area contributed by atoms with Gasteiger partial charge < -0.3 is 30.9 Å². The lowest BCUT2D eigenvalue weighted by molar-refractivity contribution is -0.141. The van der Waals surface area contributed by atoms with Crippen LogP contribution in [0.3, 0.4) is 0 Å². The number of aryl methyl sites for hydroxylation is 1. The number of nitriles is 1. The summed E-state index contributed by atoms with van der Waals surface area (Å²) in [6, 6.07) is 6.68. The molecule has 0 unspecified atom stereocenters. The molecule has 2 aliphatic heterocycles. The topological polar surface area (TPSA) is 186 Å². The van der Waals surface area contributed by atoms with Crippen molar-refractivity contribution >= 4 is 47.2 Å². The molecular weight excluding hydrogens is 671 g/mol. The molecule has 3 aromatic heterocycles. The number of aromatic nitrogens is 5. The van der Waals surface area contributed by atoms with Crippen LogP contribution in [-0.4, -0.2) is 103 Å². The number of nitrogens with zero attached hydrogens (tertiary/aromatic N) is 8. The predicted octanol–water partition coefficient (Wildman–Crippen LogP) is 3.45. The van der Waals surface area contributed by atoms with Crippen molar-refractivity contribution in [2.24, 2.45) is 0 Å². The fourth-order valence-corrected chi connectivity index (χ4v) is 5.80. The second-order valence-electron chi connectivity index (χ2n) is 11.0. The molecule has 49 heavy (non-hydrogen) atoms. The van der Waals surface area contributed by atoms with E-state index in [1.54, 1.807) is 28.0 Å². The number of carbonyl (C=O) groups excluding carboxylic acids is 2. The number of halogens is 4. The second-order valence-corrected chi connectivity index (χ2v) is 11.4. The summed E-state index contributed by atoms with van der Waals surface area (Å²) in [5, 5.41) is 28.9. The summed E-state index contributed by atoms with van der Waals surface area (Å²) in [6.07, 6.45) is 1.61. The third-order valence-corrected chi connectivity index (χ3v) is 8.20. The summed E-state index contributed by atoms with van der Waals surface area (Å²) in [7, 11) is 0. The number of benzene rings is 1. The number of alkyl halides is 3. The summed E-state index contributed by atoms with van der Waals surface area (Å²) in [5.41, 5.74) is -0.106. The van der Waals surface area contributed by atoms with E-state index in [9.17, 15) is 22.8 Å². The van der Waals surface area contributed by atoms with E-state index >= 15 is 0 Å². The molecule has 4 N–H and O–H groups in total. The fourth-order valence-electron chi connectivity index (χ4n) is 5.53. The monoisotopic (exact) mass is 701 g/mol. The van der Waals surface area contributed by atoms with Crippen LogP contribution in [0.5, 0.6) is 0 Å². The minimum Gasteiger partial charge on any atom is -0.483 e. The number of carbonyl (C=O) groups is 3. The molecular formula is C30H31ClF3N11O4. The lowest BCUT2D eigenvalue weighted by Crippen LogP contribution is -2.54. The van der Waals surface area contributed by atoms with Crippen LogP contribution < -0.4 is 16.0 Å². The fraction of sp³-hybridized carbons (Fsp3) is 0.367. The van der Waals surface area contributed by atoms with Gasteiger partial charge in [0.25, 0.3) is 12.4 Å². The van der Waals surface area contributed by atoms with Gasteiger partial charge in [0.2, 0.25) is 0 Å². The number of imidazole rings is 1. The summed E-state index contributed by atoms with van der Waals surface area (Å²) in [5.74, 6) is -0.0115. The first-order valence-electron chi connectivity index (χ1n) is 15.1. The second kappa shape index (κ2) is 15.2. The van der Waals surface area contributed by atoms with Crippen molar-refractivity contribution < 1.29 is 32.7 Å². The molecule has 0 saturated carbocycles. The predicted molar refractivity (Wildman–Crippen MR) is 170 cm³/mol. The van der Waals surface area contributed by atoms with Gasteiger partial charge in [0.05, 0.1) is 47.1 Å². The molecule has 0 radical (unpaired) electrons. The van der Waals surface area contributed by atoms with Crippen molar-refractivity contribution in [3.63, 3.8) is 0 Å². The van der Waals surface area contributed by atoms with Crippen molar-refractivity contribution in [2.45, 2.75) is 31.6 Å². The maximum absolute atomic E-state index is 13.9. The van der Waals surface area contributed by atoms with E-state index in [4.69, 9.17) is 26.8 Å². The van der Waals surface area contributed by atoms with E-state index in [1.165, 1.54) is 29.2 Å². The van der Waals surface area contributed by atoms with Gasteiger partial charge in [-0.2, -0.15) is 23.5 Å². The quantitative estimate of drug-likeness (QED) is 0.208. The first kappa shape index (κ1) is 34.9. The molecule has 5 heterocycles.